The predicted octanol–water partition coefficient (Wildman–Crippen LogP) is 3.79. The van der Waals surface area contributed by atoms with Crippen molar-refractivity contribution >= 4 is 17.5 Å². The van der Waals surface area contributed by atoms with E-state index in [-0.39, 0.29) is 11.8 Å². The molecule has 0 unspecified atom stereocenters. The van der Waals surface area contributed by atoms with Gasteiger partial charge in [-0.25, -0.2) is 0 Å². The van der Waals surface area contributed by atoms with Gasteiger partial charge in [0.25, 0.3) is 11.8 Å². The van der Waals surface area contributed by atoms with Gasteiger partial charge in [0.15, 0.2) is 0 Å². The molecule has 124 valence electrons. The fourth-order valence-corrected chi connectivity index (χ4v) is 3.17. The number of amides is 2. The van der Waals surface area contributed by atoms with Crippen LogP contribution in [0.5, 0.6) is 0 Å². The van der Waals surface area contributed by atoms with Crippen molar-refractivity contribution in [2.24, 2.45) is 0 Å². The summed E-state index contributed by atoms with van der Waals surface area (Å²) in [7, 11) is 0. The molecule has 3 rings (SSSR count). The third-order valence-electron chi connectivity index (χ3n) is 4.49. The largest absolute Gasteiger partial charge is 0.339 e. The number of hydrogen-bond acceptors (Lipinski definition) is 2. The second-order valence-electron chi connectivity index (χ2n) is 6.30. The van der Waals surface area contributed by atoms with Gasteiger partial charge in [-0.2, -0.15) is 0 Å². The predicted molar refractivity (Wildman–Crippen MR) is 95.4 cm³/mol. The van der Waals surface area contributed by atoms with Crippen LogP contribution in [0.1, 0.15) is 44.7 Å². The first-order valence-electron chi connectivity index (χ1n) is 8.33. The summed E-state index contributed by atoms with van der Waals surface area (Å²) in [5.74, 6) is -0.0515. The molecule has 1 N–H and O–H groups in total. The lowest BCUT2D eigenvalue weighted by Gasteiger charge is -2.15. The van der Waals surface area contributed by atoms with Gasteiger partial charge in [-0.15, -0.1) is 0 Å². The van der Waals surface area contributed by atoms with Gasteiger partial charge < -0.3 is 10.2 Å². The van der Waals surface area contributed by atoms with Crippen molar-refractivity contribution in [1.29, 1.82) is 0 Å². The number of hydrogen-bond donors (Lipinski definition) is 1. The van der Waals surface area contributed by atoms with Crippen LogP contribution < -0.4 is 5.32 Å². The van der Waals surface area contributed by atoms with E-state index in [4.69, 9.17) is 0 Å². The monoisotopic (exact) mass is 322 g/mol. The highest BCUT2D eigenvalue weighted by Crippen LogP contribution is 2.18. The lowest BCUT2D eigenvalue weighted by atomic mass is 10.0. The maximum Gasteiger partial charge on any atom is 0.256 e. The van der Waals surface area contributed by atoms with Gasteiger partial charge in [0.1, 0.15) is 0 Å². The molecule has 0 atom stereocenters. The summed E-state index contributed by atoms with van der Waals surface area (Å²) in [5.41, 5.74) is 3.97. The van der Waals surface area contributed by atoms with Crippen LogP contribution in [0.3, 0.4) is 0 Å². The Morgan fingerprint density at radius 1 is 0.917 bits per heavy atom. The van der Waals surface area contributed by atoms with Crippen LogP contribution in [-0.4, -0.2) is 29.8 Å². The minimum atomic E-state index is -0.121. The average Bonchev–Trinajstić information content (AvgIpc) is 3.09. The molecule has 0 radical (unpaired) electrons. The molecule has 2 aromatic carbocycles. The molecule has 0 spiro atoms. The number of nitrogens with zero attached hydrogens (tertiary/aromatic N) is 1. The number of aryl methyl sites for hydroxylation is 2. The first kappa shape index (κ1) is 16.2. The average molecular weight is 322 g/mol. The molecular weight excluding hydrogens is 300 g/mol. The van der Waals surface area contributed by atoms with E-state index >= 15 is 0 Å². The minimum Gasteiger partial charge on any atom is -0.339 e. The maximum atomic E-state index is 12.5. The van der Waals surface area contributed by atoms with E-state index in [2.05, 4.69) is 5.32 Å². The van der Waals surface area contributed by atoms with Crippen molar-refractivity contribution in [1.82, 2.24) is 4.90 Å². The van der Waals surface area contributed by atoms with E-state index in [0.717, 1.165) is 37.1 Å². The summed E-state index contributed by atoms with van der Waals surface area (Å²) < 4.78 is 0. The highest BCUT2D eigenvalue weighted by molar-refractivity contribution is 6.06. The fourth-order valence-electron chi connectivity index (χ4n) is 3.17. The Kier molecular flexibility index (Phi) is 4.65. The Morgan fingerprint density at radius 3 is 2.08 bits per heavy atom. The smallest absolute Gasteiger partial charge is 0.256 e. The quantitative estimate of drug-likeness (QED) is 0.934. The van der Waals surface area contributed by atoms with Crippen LogP contribution in [0.15, 0.2) is 42.5 Å². The highest BCUT2D eigenvalue weighted by atomic mass is 16.2. The van der Waals surface area contributed by atoms with Gasteiger partial charge in [0.2, 0.25) is 0 Å². The van der Waals surface area contributed by atoms with E-state index in [0.29, 0.717) is 16.8 Å². The van der Waals surface area contributed by atoms with Crippen molar-refractivity contribution in [2.75, 3.05) is 18.4 Å². The summed E-state index contributed by atoms with van der Waals surface area (Å²) in [6.07, 6.45) is 2.16. The summed E-state index contributed by atoms with van der Waals surface area (Å²) >= 11 is 0. The second kappa shape index (κ2) is 6.87. The molecule has 1 heterocycles. The normalized spacial score (nSPS) is 13.8. The van der Waals surface area contributed by atoms with Gasteiger partial charge in [-0.3, -0.25) is 9.59 Å². The molecule has 4 heteroatoms. The van der Waals surface area contributed by atoms with E-state index in [1.165, 1.54) is 0 Å². The van der Waals surface area contributed by atoms with Crippen LogP contribution in [0.4, 0.5) is 5.69 Å². The summed E-state index contributed by atoms with van der Waals surface area (Å²) in [4.78, 5) is 26.7. The van der Waals surface area contributed by atoms with Crippen molar-refractivity contribution < 1.29 is 9.59 Å². The SMILES string of the molecule is Cc1cccc(C)c1C(=O)Nc1ccc(C(=O)N2CCCC2)cc1. The Labute approximate surface area is 142 Å². The molecule has 0 saturated carbocycles. The van der Waals surface area contributed by atoms with Crippen LogP contribution in [0.25, 0.3) is 0 Å². The van der Waals surface area contributed by atoms with Crippen molar-refractivity contribution in [2.45, 2.75) is 26.7 Å². The first-order valence-corrected chi connectivity index (χ1v) is 8.33. The molecule has 2 amide bonds. The van der Waals surface area contributed by atoms with Crippen molar-refractivity contribution in [3.8, 4) is 0 Å². The molecule has 0 aliphatic carbocycles. The third-order valence-corrected chi connectivity index (χ3v) is 4.49. The summed E-state index contributed by atoms with van der Waals surface area (Å²) in [6, 6.07) is 12.9. The number of anilines is 1. The lowest BCUT2D eigenvalue weighted by molar-refractivity contribution is 0.0792. The number of likely N-dealkylation sites (tertiary alicyclic amines) is 1. The molecule has 4 nitrogen and oxygen atoms in total. The van der Waals surface area contributed by atoms with Gasteiger partial charge in [-0.1, -0.05) is 18.2 Å². The van der Waals surface area contributed by atoms with Crippen LogP contribution >= 0.6 is 0 Å². The van der Waals surface area contributed by atoms with Crippen molar-refractivity contribution in [3.05, 3.63) is 64.7 Å². The van der Waals surface area contributed by atoms with Gasteiger partial charge in [-0.05, 0) is 62.1 Å². The zero-order valence-corrected chi connectivity index (χ0v) is 14.1. The molecule has 1 saturated heterocycles. The van der Waals surface area contributed by atoms with Crippen LogP contribution in [0, 0.1) is 13.8 Å². The van der Waals surface area contributed by atoms with E-state index in [1.807, 2.05) is 36.9 Å². The molecule has 24 heavy (non-hydrogen) atoms. The summed E-state index contributed by atoms with van der Waals surface area (Å²) in [5, 5.41) is 2.91. The van der Waals surface area contributed by atoms with E-state index in [1.54, 1.807) is 24.3 Å². The Hall–Kier alpha value is -2.62. The van der Waals surface area contributed by atoms with Gasteiger partial charge in [0.05, 0.1) is 0 Å². The zero-order chi connectivity index (χ0) is 17.1. The number of nitrogens with one attached hydrogen (secondary N) is 1. The molecule has 0 aromatic heterocycles. The van der Waals surface area contributed by atoms with Crippen molar-refractivity contribution in [3.63, 3.8) is 0 Å². The number of carbonyl (C=O) groups is 2. The molecule has 2 aromatic rings. The summed E-state index contributed by atoms with van der Waals surface area (Å²) in [6.45, 7) is 5.53. The van der Waals surface area contributed by atoms with Gasteiger partial charge >= 0.3 is 0 Å². The standard InChI is InChI=1S/C20H22N2O2/c1-14-6-5-7-15(2)18(14)19(23)21-17-10-8-16(9-11-17)20(24)22-12-3-4-13-22/h5-11H,3-4,12-13H2,1-2H3,(H,21,23). The lowest BCUT2D eigenvalue weighted by Crippen LogP contribution is -2.27. The third kappa shape index (κ3) is 3.32. The van der Waals surface area contributed by atoms with E-state index < -0.39 is 0 Å². The van der Waals surface area contributed by atoms with Gasteiger partial charge in [0, 0.05) is 29.9 Å². The first-order chi connectivity index (χ1) is 11.6. The topological polar surface area (TPSA) is 49.4 Å². The van der Waals surface area contributed by atoms with Crippen LogP contribution in [0.2, 0.25) is 0 Å². The Bertz CT molecular complexity index is 739. The fraction of sp³-hybridized carbons (Fsp3) is 0.300. The van der Waals surface area contributed by atoms with Crippen LogP contribution in [-0.2, 0) is 0 Å². The second-order valence-corrected chi connectivity index (χ2v) is 6.30. The Balaban J connectivity index is 1.72. The molecule has 1 aliphatic rings. The Morgan fingerprint density at radius 2 is 1.50 bits per heavy atom. The number of benzene rings is 2. The molecule has 1 fully saturated rings. The number of rotatable bonds is 3. The highest BCUT2D eigenvalue weighted by Gasteiger charge is 2.19. The maximum absolute atomic E-state index is 12.5. The molecule has 1 aliphatic heterocycles. The minimum absolute atomic E-state index is 0.0696. The zero-order valence-electron chi connectivity index (χ0n) is 14.1. The number of carbonyl (C=O) groups excluding carboxylic acids is 2. The van der Waals surface area contributed by atoms with E-state index in [9.17, 15) is 9.59 Å². The molecule has 0 bridgehead atoms. The molecular formula is C20H22N2O2.